The second-order valence-electron chi connectivity index (χ2n) is 2.73. The number of β-amino-alcohol motifs (C(OH)–C–C–N with tert-alkyl or cyclic N) is 1. The molecule has 0 radical (unpaired) electrons. The number of piperidine rings is 1. The van der Waals surface area contributed by atoms with Crippen LogP contribution in [-0.2, 0) is 0 Å². The molecule has 1 heterocycles. The van der Waals surface area contributed by atoms with E-state index in [0.29, 0.717) is 5.92 Å². The van der Waals surface area contributed by atoms with Crippen LogP contribution in [0, 0.1) is 5.92 Å². The molecule has 0 bridgehead atoms. The Balaban J connectivity index is 2.30. The minimum absolute atomic E-state index is 0.0938. The molecule has 1 aliphatic heterocycles. The van der Waals surface area contributed by atoms with Crippen LogP contribution in [0.5, 0.6) is 0 Å². The second-order valence-corrected chi connectivity index (χ2v) is 2.73. The summed E-state index contributed by atoms with van der Waals surface area (Å²) < 4.78 is 0. The van der Waals surface area contributed by atoms with Gasteiger partial charge in [-0.15, -0.1) is 0 Å². The van der Waals surface area contributed by atoms with Crippen molar-refractivity contribution in [2.24, 2.45) is 5.92 Å². The van der Waals surface area contributed by atoms with Gasteiger partial charge in [-0.05, 0) is 18.9 Å². The molecule has 0 amide bonds. The zero-order valence-electron chi connectivity index (χ0n) is 5.93. The first kappa shape index (κ1) is 7.03. The summed E-state index contributed by atoms with van der Waals surface area (Å²) in [5.74, 6) is 0.547. The van der Waals surface area contributed by atoms with Gasteiger partial charge >= 0.3 is 0 Å². The molecular weight excluding hydrogens is 114 g/mol. The van der Waals surface area contributed by atoms with Crippen LogP contribution < -0.4 is 5.32 Å². The van der Waals surface area contributed by atoms with E-state index < -0.39 is 0 Å². The molecule has 2 atom stereocenters. The van der Waals surface area contributed by atoms with E-state index >= 15 is 0 Å². The number of aliphatic hydroxyl groups is 1. The average Bonchev–Trinajstić information content (AvgIpc) is 1.89. The molecule has 2 N–H and O–H groups in total. The highest BCUT2D eigenvalue weighted by Gasteiger charge is 2.19. The van der Waals surface area contributed by atoms with Gasteiger partial charge in [0.05, 0.1) is 6.10 Å². The van der Waals surface area contributed by atoms with Crippen LogP contribution in [0.15, 0.2) is 0 Å². The highest BCUT2D eigenvalue weighted by atomic mass is 16.3. The van der Waals surface area contributed by atoms with E-state index in [2.05, 4.69) is 12.2 Å². The maximum Gasteiger partial charge on any atom is 0.0693 e. The normalized spacial score (nSPS) is 36.7. The molecule has 0 aromatic carbocycles. The Morgan fingerprint density at radius 1 is 1.67 bits per heavy atom. The topological polar surface area (TPSA) is 32.3 Å². The van der Waals surface area contributed by atoms with E-state index in [9.17, 15) is 5.11 Å². The predicted octanol–water partition coefficient (Wildman–Crippen LogP) is 0.367. The van der Waals surface area contributed by atoms with E-state index in [1.54, 1.807) is 0 Å². The lowest BCUT2D eigenvalue weighted by atomic mass is 9.93. The third-order valence-corrected chi connectivity index (χ3v) is 2.11. The monoisotopic (exact) mass is 129 g/mol. The molecule has 0 aliphatic carbocycles. The first-order valence-corrected chi connectivity index (χ1v) is 3.73. The van der Waals surface area contributed by atoms with Gasteiger partial charge < -0.3 is 10.4 Å². The summed E-state index contributed by atoms with van der Waals surface area (Å²) >= 11 is 0. The molecule has 54 valence electrons. The van der Waals surface area contributed by atoms with Gasteiger partial charge in [0, 0.05) is 6.54 Å². The third-order valence-electron chi connectivity index (χ3n) is 2.11. The first-order chi connectivity index (χ1) is 4.34. The zero-order valence-corrected chi connectivity index (χ0v) is 5.93. The molecule has 0 aromatic rings. The van der Waals surface area contributed by atoms with E-state index in [-0.39, 0.29) is 6.10 Å². The Labute approximate surface area is 56.3 Å². The summed E-state index contributed by atoms with van der Waals surface area (Å²) in [7, 11) is 0. The minimum Gasteiger partial charge on any atom is -0.392 e. The fourth-order valence-electron chi connectivity index (χ4n) is 1.37. The summed E-state index contributed by atoms with van der Waals surface area (Å²) in [6.07, 6.45) is 2.16. The molecule has 2 nitrogen and oxygen atoms in total. The standard InChI is InChI=1S/C7H15NO/c1-2-6-3-4-8-5-7(6)9/h6-9H,2-5H2,1H3/t6-,7-/m1/s1. The number of hydrogen-bond acceptors (Lipinski definition) is 2. The number of nitrogens with one attached hydrogen (secondary N) is 1. The van der Waals surface area contributed by atoms with Gasteiger partial charge in [0.1, 0.15) is 0 Å². The maximum atomic E-state index is 9.31. The fourth-order valence-corrected chi connectivity index (χ4v) is 1.37. The van der Waals surface area contributed by atoms with E-state index in [1.807, 2.05) is 0 Å². The smallest absolute Gasteiger partial charge is 0.0693 e. The molecule has 1 rings (SSSR count). The molecule has 1 saturated heterocycles. The van der Waals surface area contributed by atoms with Gasteiger partial charge in [0.25, 0.3) is 0 Å². The van der Waals surface area contributed by atoms with Gasteiger partial charge in [-0.25, -0.2) is 0 Å². The van der Waals surface area contributed by atoms with Gasteiger partial charge in [-0.2, -0.15) is 0 Å². The van der Waals surface area contributed by atoms with Gasteiger partial charge in [-0.1, -0.05) is 13.3 Å². The van der Waals surface area contributed by atoms with Crippen molar-refractivity contribution in [3.05, 3.63) is 0 Å². The molecule has 0 aromatic heterocycles. The highest BCUT2D eigenvalue weighted by Crippen LogP contribution is 2.15. The second kappa shape index (κ2) is 3.18. The minimum atomic E-state index is -0.0938. The van der Waals surface area contributed by atoms with Crippen LogP contribution in [-0.4, -0.2) is 24.3 Å². The highest BCUT2D eigenvalue weighted by molar-refractivity contribution is 4.75. The van der Waals surface area contributed by atoms with Crippen LogP contribution in [0.2, 0.25) is 0 Å². The molecule has 0 spiro atoms. The Morgan fingerprint density at radius 3 is 2.89 bits per heavy atom. The van der Waals surface area contributed by atoms with E-state index in [4.69, 9.17) is 0 Å². The quantitative estimate of drug-likeness (QED) is 0.536. The summed E-state index contributed by atoms with van der Waals surface area (Å²) in [4.78, 5) is 0. The summed E-state index contributed by atoms with van der Waals surface area (Å²) in [5, 5.41) is 12.5. The molecule has 9 heavy (non-hydrogen) atoms. The molecular formula is C7H15NO. The Hall–Kier alpha value is -0.0800. The molecule has 1 aliphatic rings. The van der Waals surface area contributed by atoms with Crippen molar-refractivity contribution in [1.82, 2.24) is 5.32 Å². The summed E-state index contributed by atoms with van der Waals surface area (Å²) in [5.41, 5.74) is 0. The van der Waals surface area contributed by atoms with Crippen molar-refractivity contribution >= 4 is 0 Å². The van der Waals surface area contributed by atoms with Crippen molar-refractivity contribution < 1.29 is 5.11 Å². The van der Waals surface area contributed by atoms with Crippen molar-refractivity contribution in [2.45, 2.75) is 25.9 Å². The molecule has 0 unspecified atom stereocenters. The summed E-state index contributed by atoms with van der Waals surface area (Å²) in [6.45, 7) is 4.01. The Bertz CT molecular complexity index is 85.0. The Kier molecular flexibility index (Phi) is 2.49. The van der Waals surface area contributed by atoms with E-state index in [1.165, 1.54) is 0 Å². The molecule has 1 fully saturated rings. The van der Waals surface area contributed by atoms with Crippen molar-refractivity contribution in [2.75, 3.05) is 13.1 Å². The lowest BCUT2D eigenvalue weighted by Gasteiger charge is -2.26. The van der Waals surface area contributed by atoms with Gasteiger partial charge in [0.15, 0.2) is 0 Å². The van der Waals surface area contributed by atoms with Crippen molar-refractivity contribution in [1.29, 1.82) is 0 Å². The van der Waals surface area contributed by atoms with E-state index in [0.717, 1.165) is 25.9 Å². The van der Waals surface area contributed by atoms with Crippen LogP contribution in [0.4, 0.5) is 0 Å². The average molecular weight is 129 g/mol. The van der Waals surface area contributed by atoms with Gasteiger partial charge in [0.2, 0.25) is 0 Å². The largest absolute Gasteiger partial charge is 0.392 e. The van der Waals surface area contributed by atoms with Crippen LogP contribution in [0.25, 0.3) is 0 Å². The molecule has 0 saturated carbocycles. The third kappa shape index (κ3) is 1.66. The van der Waals surface area contributed by atoms with Crippen LogP contribution in [0.3, 0.4) is 0 Å². The van der Waals surface area contributed by atoms with Crippen molar-refractivity contribution in [3.8, 4) is 0 Å². The van der Waals surface area contributed by atoms with Gasteiger partial charge in [-0.3, -0.25) is 0 Å². The maximum absolute atomic E-state index is 9.31. The number of hydrogen-bond donors (Lipinski definition) is 2. The summed E-state index contributed by atoms with van der Waals surface area (Å²) in [6, 6.07) is 0. The fraction of sp³-hybridized carbons (Fsp3) is 1.00. The van der Waals surface area contributed by atoms with Crippen LogP contribution >= 0.6 is 0 Å². The zero-order chi connectivity index (χ0) is 6.69. The number of aliphatic hydroxyl groups excluding tert-OH is 1. The predicted molar refractivity (Wildman–Crippen MR) is 37.3 cm³/mol. The van der Waals surface area contributed by atoms with Crippen LogP contribution in [0.1, 0.15) is 19.8 Å². The Morgan fingerprint density at radius 2 is 2.44 bits per heavy atom. The first-order valence-electron chi connectivity index (χ1n) is 3.73. The number of rotatable bonds is 1. The van der Waals surface area contributed by atoms with Crippen molar-refractivity contribution in [3.63, 3.8) is 0 Å². The lowest BCUT2D eigenvalue weighted by molar-refractivity contribution is 0.0799. The SMILES string of the molecule is CC[C@@H]1CCNC[C@H]1O. The lowest BCUT2D eigenvalue weighted by Crippen LogP contribution is -2.40. The molecule has 2 heteroatoms.